The Hall–Kier alpha value is -2.48. The molecule has 0 saturated heterocycles. The van der Waals surface area contributed by atoms with Crippen LogP contribution in [0, 0.1) is 0 Å². The van der Waals surface area contributed by atoms with Crippen molar-refractivity contribution in [3.8, 4) is 0 Å². The molecule has 1 atom stereocenters. The number of amides is 1. The van der Waals surface area contributed by atoms with E-state index in [4.69, 9.17) is 0 Å². The number of H-pyrrole nitrogens is 1. The van der Waals surface area contributed by atoms with E-state index in [0.29, 0.717) is 25.8 Å². The number of aryl methyl sites for hydroxylation is 2. The number of rotatable bonds is 4. The van der Waals surface area contributed by atoms with Crippen molar-refractivity contribution < 1.29 is 4.79 Å². The molecule has 0 bridgehead atoms. The minimum absolute atomic E-state index is 0.0395. The lowest BCUT2D eigenvalue weighted by atomic mass is 10.1. The van der Waals surface area contributed by atoms with Gasteiger partial charge in [0.05, 0.1) is 15.2 Å². The standard InChI is InChI=1S/C17H19N5O2S/c23-15(7-8-16-19-12-3-1-2-4-13(12)25-16)18-11-5-6-14-20-21-17(24)22(14)10-9-11/h1-4,11H,5-10H2,(H,18,23)(H,21,24). The van der Waals surface area contributed by atoms with Gasteiger partial charge in [-0.15, -0.1) is 11.3 Å². The average Bonchev–Trinajstić information content (AvgIpc) is 3.12. The smallest absolute Gasteiger partial charge is 0.343 e. The third-order valence-corrected chi connectivity index (χ3v) is 5.62. The summed E-state index contributed by atoms with van der Waals surface area (Å²) in [5.74, 6) is 0.814. The molecule has 0 fully saturated rings. The van der Waals surface area contributed by atoms with E-state index in [2.05, 4.69) is 20.5 Å². The van der Waals surface area contributed by atoms with Crippen molar-refractivity contribution in [2.24, 2.45) is 0 Å². The number of aromatic amines is 1. The zero-order valence-electron chi connectivity index (χ0n) is 13.7. The Balaban J connectivity index is 1.31. The van der Waals surface area contributed by atoms with E-state index in [-0.39, 0.29) is 17.6 Å². The van der Waals surface area contributed by atoms with Crippen molar-refractivity contribution in [2.75, 3.05) is 0 Å². The number of hydrogen-bond acceptors (Lipinski definition) is 5. The Morgan fingerprint density at radius 1 is 1.36 bits per heavy atom. The predicted octanol–water partition coefficient (Wildman–Crippen LogP) is 1.63. The second-order valence-electron chi connectivity index (χ2n) is 6.26. The first-order chi connectivity index (χ1) is 12.2. The van der Waals surface area contributed by atoms with Gasteiger partial charge < -0.3 is 5.32 Å². The highest BCUT2D eigenvalue weighted by atomic mass is 32.1. The van der Waals surface area contributed by atoms with E-state index < -0.39 is 0 Å². The van der Waals surface area contributed by atoms with Crippen LogP contribution >= 0.6 is 11.3 Å². The number of hydrogen-bond donors (Lipinski definition) is 2. The van der Waals surface area contributed by atoms with Gasteiger partial charge in [-0.3, -0.25) is 9.36 Å². The van der Waals surface area contributed by atoms with Gasteiger partial charge in [0.1, 0.15) is 5.82 Å². The van der Waals surface area contributed by atoms with E-state index >= 15 is 0 Å². The van der Waals surface area contributed by atoms with Crippen LogP contribution in [0.2, 0.25) is 0 Å². The number of nitrogens with one attached hydrogen (secondary N) is 2. The molecule has 1 aliphatic rings. The summed E-state index contributed by atoms with van der Waals surface area (Å²) in [6.45, 7) is 0.591. The molecule has 1 aliphatic heterocycles. The first-order valence-corrected chi connectivity index (χ1v) is 9.28. The maximum absolute atomic E-state index is 12.3. The maximum Gasteiger partial charge on any atom is 0.343 e. The van der Waals surface area contributed by atoms with Crippen LogP contribution in [-0.4, -0.2) is 31.7 Å². The highest BCUT2D eigenvalue weighted by Crippen LogP contribution is 2.22. The quantitative estimate of drug-likeness (QED) is 0.742. The molecule has 7 nitrogen and oxygen atoms in total. The molecule has 1 amide bonds. The van der Waals surface area contributed by atoms with Gasteiger partial charge in [-0.2, -0.15) is 5.10 Å². The number of nitrogens with zero attached hydrogens (tertiary/aromatic N) is 3. The fraction of sp³-hybridized carbons (Fsp3) is 0.412. The molecule has 0 radical (unpaired) electrons. The topological polar surface area (TPSA) is 92.7 Å². The summed E-state index contributed by atoms with van der Waals surface area (Å²) in [5, 5.41) is 10.6. The van der Waals surface area contributed by atoms with Crippen LogP contribution in [0.3, 0.4) is 0 Å². The van der Waals surface area contributed by atoms with Crippen molar-refractivity contribution in [2.45, 2.75) is 44.7 Å². The van der Waals surface area contributed by atoms with Gasteiger partial charge in [0.25, 0.3) is 0 Å². The highest BCUT2D eigenvalue weighted by molar-refractivity contribution is 7.18. The third-order valence-electron chi connectivity index (χ3n) is 4.52. The molecule has 0 aliphatic carbocycles. The van der Waals surface area contributed by atoms with Crippen molar-refractivity contribution in [3.63, 3.8) is 0 Å². The Morgan fingerprint density at radius 2 is 2.24 bits per heavy atom. The number of benzene rings is 1. The largest absolute Gasteiger partial charge is 0.353 e. The first kappa shape index (κ1) is 16.0. The first-order valence-electron chi connectivity index (χ1n) is 8.47. The monoisotopic (exact) mass is 357 g/mol. The van der Waals surface area contributed by atoms with Gasteiger partial charge in [0, 0.05) is 31.8 Å². The molecule has 3 heterocycles. The molecule has 3 aromatic rings. The molecule has 130 valence electrons. The molecule has 2 N–H and O–H groups in total. The molecular weight excluding hydrogens is 338 g/mol. The zero-order chi connectivity index (χ0) is 17.2. The maximum atomic E-state index is 12.3. The van der Waals surface area contributed by atoms with E-state index in [1.165, 1.54) is 0 Å². The van der Waals surface area contributed by atoms with E-state index in [1.54, 1.807) is 15.9 Å². The number of fused-ring (bicyclic) bond motifs is 2. The zero-order valence-corrected chi connectivity index (χ0v) is 14.5. The number of aromatic nitrogens is 4. The SMILES string of the molecule is O=C(CCc1nc2ccccc2s1)NC1CCc2n[nH]c(=O)n2CC1. The van der Waals surface area contributed by atoms with Gasteiger partial charge in [-0.05, 0) is 25.0 Å². The van der Waals surface area contributed by atoms with Crippen molar-refractivity contribution in [3.05, 3.63) is 45.6 Å². The van der Waals surface area contributed by atoms with Crippen molar-refractivity contribution >= 4 is 27.5 Å². The van der Waals surface area contributed by atoms with Gasteiger partial charge in [-0.25, -0.2) is 14.9 Å². The lowest BCUT2D eigenvalue weighted by Crippen LogP contribution is -2.35. The molecule has 4 rings (SSSR count). The summed E-state index contributed by atoms with van der Waals surface area (Å²) < 4.78 is 2.81. The van der Waals surface area contributed by atoms with Crippen LogP contribution in [0.25, 0.3) is 10.2 Å². The Labute approximate surface area is 148 Å². The predicted molar refractivity (Wildman–Crippen MR) is 95.7 cm³/mol. The van der Waals surface area contributed by atoms with Crippen LogP contribution in [0.4, 0.5) is 0 Å². The minimum atomic E-state index is -0.169. The van der Waals surface area contributed by atoms with Crippen molar-refractivity contribution in [1.82, 2.24) is 25.1 Å². The van der Waals surface area contributed by atoms with Crippen LogP contribution in [0.1, 0.15) is 30.1 Å². The number of thiazole rings is 1. The van der Waals surface area contributed by atoms with E-state index in [9.17, 15) is 9.59 Å². The molecule has 8 heteroatoms. The highest BCUT2D eigenvalue weighted by Gasteiger charge is 2.20. The second-order valence-corrected chi connectivity index (χ2v) is 7.38. The van der Waals surface area contributed by atoms with Crippen LogP contribution in [-0.2, 0) is 24.2 Å². The Bertz CT molecular complexity index is 924. The lowest BCUT2D eigenvalue weighted by Gasteiger charge is -2.15. The van der Waals surface area contributed by atoms with Crippen LogP contribution < -0.4 is 11.0 Å². The summed E-state index contributed by atoms with van der Waals surface area (Å²) in [6, 6.07) is 8.10. The van der Waals surface area contributed by atoms with E-state index in [1.807, 2.05) is 24.3 Å². The molecule has 25 heavy (non-hydrogen) atoms. The molecule has 0 saturated carbocycles. The molecule has 1 aromatic carbocycles. The van der Waals surface area contributed by atoms with Gasteiger partial charge in [-0.1, -0.05) is 12.1 Å². The fourth-order valence-corrected chi connectivity index (χ4v) is 4.16. The summed E-state index contributed by atoms with van der Waals surface area (Å²) in [4.78, 5) is 28.5. The van der Waals surface area contributed by atoms with Crippen molar-refractivity contribution in [1.29, 1.82) is 0 Å². The summed E-state index contributed by atoms with van der Waals surface area (Å²) >= 11 is 1.64. The van der Waals surface area contributed by atoms with Crippen LogP contribution in [0.5, 0.6) is 0 Å². The molecule has 1 unspecified atom stereocenters. The molecule has 0 spiro atoms. The second kappa shape index (κ2) is 6.79. The molecular formula is C17H19N5O2S. The Morgan fingerprint density at radius 3 is 3.12 bits per heavy atom. The lowest BCUT2D eigenvalue weighted by molar-refractivity contribution is -0.121. The Kier molecular flexibility index (Phi) is 4.35. The van der Waals surface area contributed by atoms with E-state index in [0.717, 1.165) is 33.9 Å². The summed E-state index contributed by atoms with van der Waals surface area (Å²) in [6.07, 6.45) is 3.33. The number of carbonyl (C=O) groups is 1. The summed E-state index contributed by atoms with van der Waals surface area (Å²) in [5.41, 5.74) is 0.823. The number of para-hydroxylation sites is 1. The average molecular weight is 357 g/mol. The fourth-order valence-electron chi connectivity index (χ4n) is 3.20. The third kappa shape index (κ3) is 3.48. The molecule has 2 aromatic heterocycles. The summed E-state index contributed by atoms with van der Waals surface area (Å²) in [7, 11) is 0. The van der Waals surface area contributed by atoms with Gasteiger partial charge in [0.15, 0.2) is 0 Å². The normalized spacial score (nSPS) is 17.2. The van der Waals surface area contributed by atoms with Gasteiger partial charge in [0.2, 0.25) is 5.91 Å². The number of carbonyl (C=O) groups excluding carboxylic acids is 1. The van der Waals surface area contributed by atoms with Crippen LogP contribution in [0.15, 0.2) is 29.1 Å². The van der Waals surface area contributed by atoms with Gasteiger partial charge >= 0.3 is 5.69 Å². The minimum Gasteiger partial charge on any atom is -0.353 e.